The van der Waals surface area contributed by atoms with E-state index in [9.17, 15) is 9.59 Å². The summed E-state index contributed by atoms with van der Waals surface area (Å²) in [5.74, 6) is 1.79. The van der Waals surface area contributed by atoms with Crippen LogP contribution in [-0.4, -0.2) is 72.3 Å². The Bertz CT molecular complexity index is 420. The van der Waals surface area contributed by atoms with Gasteiger partial charge in [0.25, 0.3) is 0 Å². The molecule has 2 aliphatic heterocycles. The van der Waals surface area contributed by atoms with E-state index < -0.39 is 0 Å². The van der Waals surface area contributed by atoms with Gasteiger partial charge in [0, 0.05) is 45.1 Å². The summed E-state index contributed by atoms with van der Waals surface area (Å²) in [5.41, 5.74) is 0. The molecule has 0 saturated carbocycles. The van der Waals surface area contributed by atoms with Crippen LogP contribution < -0.4 is 0 Å². The van der Waals surface area contributed by atoms with E-state index in [4.69, 9.17) is 0 Å². The standard InChI is InChI=1S/C19H35N3O2/c1-15(2)14-20-7-5-17(6-8-20)13-18(23)21-9-11-22(12-10-21)19(24)16(3)4/h15-17H,5-14H2,1-4H3. The summed E-state index contributed by atoms with van der Waals surface area (Å²) in [5, 5.41) is 0. The summed E-state index contributed by atoms with van der Waals surface area (Å²) in [6.45, 7) is 14.6. The molecular formula is C19H35N3O2. The molecule has 0 aromatic carbocycles. The van der Waals surface area contributed by atoms with Crippen molar-refractivity contribution >= 4 is 11.8 Å². The van der Waals surface area contributed by atoms with Gasteiger partial charge < -0.3 is 14.7 Å². The Kier molecular flexibility index (Phi) is 7.08. The summed E-state index contributed by atoms with van der Waals surface area (Å²) < 4.78 is 0. The van der Waals surface area contributed by atoms with Gasteiger partial charge in [0.05, 0.1) is 0 Å². The summed E-state index contributed by atoms with van der Waals surface area (Å²) >= 11 is 0. The van der Waals surface area contributed by atoms with Crippen LogP contribution in [0.3, 0.4) is 0 Å². The molecule has 2 heterocycles. The fourth-order valence-corrected chi connectivity index (χ4v) is 3.81. The lowest BCUT2D eigenvalue weighted by molar-refractivity contribution is -0.142. The molecule has 0 radical (unpaired) electrons. The second-order valence-corrected chi connectivity index (χ2v) is 8.20. The van der Waals surface area contributed by atoms with Crippen molar-refractivity contribution in [1.29, 1.82) is 0 Å². The van der Waals surface area contributed by atoms with E-state index in [1.807, 2.05) is 23.6 Å². The Morgan fingerprint density at radius 3 is 1.92 bits per heavy atom. The lowest BCUT2D eigenvalue weighted by Gasteiger charge is -2.37. The molecule has 2 saturated heterocycles. The number of nitrogens with zero attached hydrogens (tertiary/aromatic N) is 3. The van der Waals surface area contributed by atoms with Crippen LogP contribution in [0.1, 0.15) is 47.0 Å². The van der Waals surface area contributed by atoms with E-state index in [1.54, 1.807) is 0 Å². The number of carbonyl (C=O) groups excluding carboxylic acids is 2. The van der Waals surface area contributed by atoms with Gasteiger partial charge in [-0.2, -0.15) is 0 Å². The number of amides is 2. The van der Waals surface area contributed by atoms with Gasteiger partial charge in [-0.1, -0.05) is 27.7 Å². The number of hydrogen-bond donors (Lipinski definition) is 0. The van der Waals surface area contributed by atoms with Crippen LogP contribution in [0.25, 0.3) is 0 Å². The fraction of sp³-hybridized carbons (Fsp3) is 0.895. The van der Waals surface area contributed by atoms with Crippen LogP contribution in [0.4, 0.5) is 0 Å². The smallest absolute Gasteiger partial charge is 0.225 e. The van der Waals surface area contributed by atoms with Gasteiger partial charge in [0.15, 0.2) is 0 Å². The number of hydrogen-bond acceptors (Lipinski definition) is 3. The molecule has 0 N–H and O–H groups in total. The van der Waals surface area contributed by atoms with Crippen molar-refractivity contribution in [2.45, 2.75) is 47.0 Å². The summed E-state index contributed by atoms with van der Waals surface area (Å²) in [7, 11) is 0. The third-order valence-electron chi connectivity index (χ3n) is 5.23. The SMILES string of the molecule is CC(C)CN1CCC(CC(=O)N2CCN(C(=O)C(C)C)CC2)CC1. The van der Waals surface area contributed by atoms with Gasteiger partial charge in [0.2, 0.25) is 11.8 Å². The van der Waals surface area contributed by atoms with E-state index in [0.29, 0.717) is 44.4 Å². The zero-order valence-corrected chi connectivity index (χ0v) is 16.0. The molecule has 2 rings (SSSR count). The minimum absolute atomic E-state index is 0.0447. The first-order chi connectivity index (χ1) is 11.4. The van der Waals surface area contributed by atoms with E-state index in [1.165, 1.54) is 6.54 Å². The Morgan fingerprint density at radius 1 is 0.875 bits per heavy atom. The monoisotopic (exact) mass is 337 g/mol. The Morgan fingerprint density at radius 2 is 1.42 bits per heavy atom. The van der Waals surface area contributed by atoms with E-state index in [2.05, 4.69) is 18.7 Å². The third kappa shape index (κ3) is 5.47. The van der Waals surface area contributed by atoms with Crippen molar-refractivity contribution in [3.8, 4) is 0 Å². The summed E-state index contributed by atoms with van der Waals surface area (Å²) in [6, 6.07) is 0. The molecule has 0 bridgehead atoms. The molecule has 5 nitrogen and oxygen atoms in total. The van der Waals surface area contributed by atoms with Crippen molar-refractivity contribution in [3.63, 3.8) is 0 Å². The molecule has 138 valence electrons. The highest BCUT2D eigenvalue weighted by molar-refractivity contribution is 5.79. The van der Waals surface area contributed by atoms with Crippen LogP contribution >= 0.6 is 0 Å². The van der Waals surface area contributed by atoms with Crippen LogP contribution in [0, 0.1) is 17.8 Å². The predicted molar refractivity (Wildman–Crippen MR) is 96.6 cm³/mol. The first-order valence-electron chi connectivity index (χ1n) is 9.65. The van der Waals surface area contributed by atoms with Gasteiger partial charge in [0.1, 0.15) is 0 Å². The number of rotatable bonds is 5. The highest BCUT2D eigenvalue weighted by Gasteiger charge is 2.28. The topological polar surface area (TPSA) is 43.9 Å². The number of piperidine rings is 1. The second kappa shape index (κ2) is 8.84. The van der Waals surface area contributed by atoms with Crippen LogP contribution in [0.15, 0.2) is 0 Å². The summed E-state index contributed by atoms with van der Waals surface area (Å²) in [4.78, 5) is 31.0. The Labute approximate surface area is 147 Å². The molecule has 0 atom stereocenters. The van der Waals surface area contributed by atoms with E-state index >= 15 is 0 Å². The van der Waals surface area contributed by atoms with Gasteiger partial charge >= 0.3 is 0 Å². The number of carbonyl (C=O) groups is 2. The highest BCUT2D eigenvalue weighted by Crippen LogP contribution is 2.22. The fourth-order valence-electron chi connectivity index (χ4n) is 3.81. The first-order valence-corrected chi connectivity index (χ1v) is 9.65. The molecule has 0 aromatic heterocycles. The molecule has 0 aliphatic carbocycles. The second-order valence-electron chi connectivity index (χ2n) is 8.20. The molecule has 0 spiro atoms. The minimum Gasteiger partial charge on any atom is -0.339 e. The zero-order chi connectivity index (χ0) is 17.7. The largest absolute Gasteiger partial charge is 0.339 e. The van der Waals surface area contributed by atoms with Gasteiger partial charge in [-0.15, -0.1) is 0 Å². The van der Waals surface area contributed by atoms with Gasteiger partial charge in [-0.25, -0.2) is 0 Å². The Balaban J connectivity index is 1.70. The molecule has 24 heavy (non-hydrogen) atoms. The number of piperazine rings is 1. The van der Waals surface area contributed by atoms with Gasteiger partial charge in [-0.3, -0.25) is 9.59 Å². The Hall–Kier alpha value is -1.10. The lowest BCUT2D eigenvalue weighted by Crippen LogP contribution is -2.52. The molecule has 2 fully saturated rings. The maximum atomic E-state index is 12.5. The predicted octanol–water partition coefficient (Wildman–Crippen LogP) is 2.07. The molecule has 2 amide bonds. The van der Waals surface area contributed by atoms with Crippen LogP contribution in [-0.2, 0) is 9.59 Å². The number of likely N-dealkylation sites (tertiary alicyclic amines) is 1. The quantitative estimate of drug-likeness (QED) is 0.771. The first kappa shape index (κ1) is 19.2. The van der Waals surface area contributed by atoms with Gasteiger partial charge in [-0.05, 0) is 37.8 Å². The highest BCUT2D eigenvalue weighted by atomic mass is 16.2. The maximum absolute atomic E-state index is 12.5. The molecule has 0 unspecified atom stereocenters. The molecule has 5 heteroatoms. The molecule has 0 aromatic rings. The van der Waals surface area contributed by atoms with Crippen molar-refractivity contribution in [1.82, 2.24) is 14.7 Å². The summed E-state index contributed by atoms with van der Waals surface area (Å²) in [6.07, 6.45) is 2.97. The van der Waals surface area contributed by atoms with Crippen LogP contribution in [0.2, 0.25) is 0 Å². The van der Waals surface area contributed by atoms with Crippen molar-refractivity contribution in [3.05, 3.63) is 0 Å². The average molecular weight is 338 g/mol. The van der Waals surface area contributed by atoms with Crippen molar-refractivity contribution < 1.29 is 9.59 Å². The van der Waals surface area contributed by atoms with E-state index in [0.717, 1.165) is 25.9 Å². The maximum Gasteiger partial charge on any atom is 0.225 e. The normalized spacial score (nSPS) is 20.9. The average Bonchev–Trinajstić information content (AvgIpc) is 2.55. The molecular weight excluding hydrogens is 302 g/mol. The lowest BCUT2D eigenvalue weighted by atomic mass is 9.92. The van der Waals surface area contributed by atoms with Crippen LogP contribution in [0.5, 0.6) is 0 Å². The zero-order valence-electron chi connectivity index (χ0n) is 16.0. The third-order valence-corrected chi connectivity index (χ3v) is 5.23. The molecule has 2 aliphatic rings. The van der Waals surface area contributed by atoms with Crippen molar-refractivity contribution in [2.24, 2.45) is 17.8 Å². The minimum atomic E-state index is 0.0447. The van der Waals surface area contributed by atoms with Crippen molar-refractivity contribution in [2.75, 3.05) is 45.8 Å². The van der Waals surface area contributed by atoms with E-state index in [-0.39, 0.29) is 17.7 Å².